The summed E-state index contributed by atoms with van der Waals surface area (Å²) in [6, 6.07) is 8.69. The van der Waals surface area contributed by atoms with Gasteiger partial charge in [0.05, 0.1) is 4.90 Å². The van der Waals surface area contributed by atoms with E-state index in [1.165, 1.54) is 12.0 Å². The molecule has 0 bridgehead atoms. The molecule has 0 atom stereocenters. The van der Waals surface area contributed by atoms with Gasteiger partial charge in [0.1, 0.15) is 5.82 Å². The van der Waals surface area contributed by atoms with Gasteiger partial charge in [-0.25, -0.2) is 8.42 Å². The zero-order valence-electron chi connectivity index (χ0n) is 15.2. The second kappa shape index (κ2) is 8.01. The summed E-state index contributed by atoms with van der Waals surface area (Å²) in [4.78, 5) is 2.33. The van der Waals surface area contributed by atoms with Crippen LogP contribution in [0.3, 0.4) is 0 Å². The zero-order chi connectivity index (χ0) is 18.6. The van der Waals surface area contributed by atoms with Gasteiger partial charge < -0.3 is 10.2 Å². The molecule has 1 aliphatic rings. The Labute approximate surface area is 154 Å². The highest BCUT2D eigenvalue weighted by atomic mass is 32.2. The van der Waals surface area contributed by atoms with E-state index in [1.807, 2.05) is 20.2 Å². The number of aromatic nitrogens is 2. The van der Waals surface area contributed by atoms with Gasteiger partial charge >= 0.3 is 0 Å². The summed E-state index contributed by atoms with van der Waals surface area (Å²) in [6.07, 6.45) is 4.24. The van der Waals surface area contributed by atoms with E-state index in [-0.39, 0.29) is 10.7 Å². The van der Waals surface area contributed by atoms with E-state index in [0.717, 1.165) is 37.9 Å². The monoisotopic (exact) mass is 375 g/mol. The summed E-state index contributed by atoms with van der Waals surface area (Å²) in [7, 11) is 0.317. The second-order valence-corrected chi connectivity index (χ2v) is 8.46. The van der Waals surface area contributed by atoms with Crippen LogP contribution in [0.4, 0.5) is 11.6 Å². The molecular formula is C18H25N5O2S. The summed E-state index contributed by atoms with van der Waals surface area (Å²) >= 11 is 0. The summed E-state index contributed by atoms with van der Waals surface area (Å²) in [5.41, 5.74) is 2.38. The predicted molar refractivity (Wildman–Crippen MR) is 103 cm³/mol. The quantitative estimate of drug-likeness (QED) is 0.771. The molecule has 26 heavy (non-hydrogen) atoms. The van der Waals surface area contributed by atoms with Crippen molar-refractivity contribution in [1.29, 1.82) is 0 Å². The number of benzene rings is 1. The third kappa shape index (κ3) is 4.70. The largest absolute Gasteiger partial charge is 0.367 e. The molecule has 140 valence electrons. The van der Waals surface area contributed by atoms with Crippen molar-refractivity contribution in [2.75, 3.05) is 37.2 Å². The maximum Gasteiger partial charge on any atom is 0.263 e. The molecule has 2 N–H and O–H groups in total. The van der Waals surface area contributed by atoms with Crippen molar-refractivity contribution in [3.8, 4) is 0 Å². The molecule has 0 unspecified atom stereocenters. The lowest BCUT2D eigenvalue weighted by molar-refractivity contribution is 0.425. The predicted octanol–water partition coefficient (Wildman–Crippen LogP) is 2.13. The number of fused-ring (bicyclic) bond motifs is 1. The van der Waals surface area contributed by atoms with Gasteiger partial charge in [-0.05, 0) is 75.2 Å². The molecule has 2 aromatic rings. The Kier molecular flexibility index (Phi) is 5.73. The van der Waals surface area contributed by atoms with Crippen molar-refractivity contribution in [2.24, 2.45) is 0 Å². The molecule has 0 spiro atoms. The molecule has 7 nitrogen and oxygen atoms in total. The van der Waals surface area contributed by atoms with E-state index in [0.29, 0.717) is 5.82 Å². The molecule has 0 saturated heterocycles. The zero-order valence-corrected chi connectivity index (χ0v) is 16.0. The molecular weight excluding hydrogens is 350 g/mol. The van der Waals surface area contributed by atoms with E-state index in [2.05, 4.69) is 25.1 Å². The first-order chi connectivity index (χ1) is 12.4. The van der Waals surface area contributed by atoms with Gasteiger partial charge in [0.25, 0.3) is 10.0 Å². The Morgan fingerprint density at radius 1 is 1.00 bits per heavy atom. The first-order valence-electron chi connectivity index (χ1n) is 8.81. The molecule has 1 aromatic heterocycles. The van der Waals surface area contributed by atoms with Crippen molar-refractivity contribution in [2.45, 2.75) is 30.6 Å². The minimum Gasteiger partial charge on any atom is -0.367 e. The van der Waals surface area contributed by atoms with E-state index in [1.54, 1.807) is 24.3 Å². The average Bonchev–Trinajstić information content (AvgIpc) is 2.62. The first-order valence-corrected chi connectivity index (χ1v) is 10.3. The topological polar surface area (TPSA) is 87.2 Å². The van der Waals surface area contributed by atoms with E-state index in [9.17, 15) is 8.42 Å². The molecule has 0 amide bonds. The van der Waals surface area contributed by atoms with E-state index >= 15 is 0 Å². The molecule has 0 radical (unpaired) electrons. The Hall–Kier alpha value is -2.19. The van der Waals surface area contributed by atoms with E-state index < -0.39 is 10.0 Å². The Bertz CT molecular complexity index is 850. The van der Waals surface area contributed by atoms with Crippen LogP contribution >= 0.6 is 0 Å². The number of rotatable bonds is 7. The van der Waals surface area contributed by atoms with Crippen molar-refractivity contribution in [1.82, 2.24) is 15.1 Å². The molecule has 1 aromatic carbocycles. The molecule has 1 heterocycles. The highest BCUT2D eigenvalue weighted by molar-refractivity contribution is 7.92. The average molecular weight is 375 g/mol. The van der Waals surface area contributed by atoms with Gasteiger partial charge in [-0.2, -0.15) is 0 Å². The summed E-state index contributed by atoms with van der Waals surface area (Å²) in [6.45, 7) is 1.61. The number of aryl methyl sites for hydroxylation is 2. The maximum absolute atomic E-state index is 12.6. The first kappa shape index (κ1) is 18.6. The lowest BCUT2D eigenvalue weighted by Gasteiger charge is -2.16. The highest BCUT2D eigenvalue weighted by Crippen LogP contribution is 2.25. The van der Waals surface area contributed by atoms with Crippen molar-refractivity contribution in [3.05, 3.63) is 41.5 Å². The minimum atomic E-state index is -3.67. The lowest BCUT2D eigenvalue weighted by Crippen LogP contribution is -2.21. The number of nitrogens with one attached hydrogen (secondary N) is 2. The lowest BCUT2D eigenvalue weighted by atomic mass is 9.92. The third-order valence-corrected chi connectivity index (χ3v) is 5.75. The number of anilines is 2. The van der Waals surface area contributed by atoms with Crippen LogP contribution in [-0.2, 0) is 22.9 Å². The van der Waals surface area contributed by atoms with Crippen LogP contribution in [0.5, 0.6) is 0 Å². The number of likely N-dealkylation sites (N-methyl/N-ethyl adjacent to an activating group) is 1. The number of hydrogen-bond acceptors (Lipinski definition) is 6. The van der Waals surface area contributed by atoms with Gasteiger partial charge in [-0.3, -0.25) is 4.72 Å². The van der Waals surface area contributed by atoms with Crippen LogP contribution in [0.2, 0.25) is 0 Å². The maximum atomic E-state index is 12.6. The Balaban J connectivity index is 1.67. The van der Waals surface area contributed by atoms with Crippen LogP contribution in [0, 0.1) is 0 Å². The molecule has 0 aliphatic heterocycles. The summed E-state index contributed by atoms with van der Waals surface area (Å²) in [5, 5.41) is 11.1. The Morgan fingerprint density at radius 3 is 2.38 bits per heavy atom. The summed E-state index contributed by atoms with van der Waals surface area (Å²) < 4.78 is 27.7. The van der Waals surface area contributed by atoms with Crippen LogP contribution in [0.25, 0.3) is 0 Å². The van der Waals surface area contributed by atoms with Crippen LogP contribution < -0.4 is 10.0 Å². The van der Waals surface area contributed by atoms with E-state index in [4.69, 9.17) is 0 Å². The standard InChI is InChI=1S/C18H25N5O2S/c1-23(2)12-11-19-17-9-10-18(21-20-17)22-26(24,25)16-8-7-14-5-3-4-6-15(14)13-16/h7-10,13H,3-6,11-12H2,1-2H3,(H,19,20)(H,21,22). The number of hydrogen-bond donors (Lipinski definition) is 2. The van der Waals surface area contributed by atoms with Crippen molar-refractivity contribution in [3.63, 3.8) is 0 Å². The Morgan fingerprint density at radius 2 is 1.69 bits per heavy atom. The molecule has 3 rings (SSSR count). The van der Waals surface area contributed by atoms with Gasteiger partial charge in [0.2, 0.25) is 0 Å². The molecule has 0 fully saturated rings. The fourth-order valence-electron chi connectivity index (χ4n) is 2.96. The van der Waals surface area contributed by atoms with Crippen LogP contribution in [0.15, 0.2) is 35.2 Å². The number of nitrogens with zero attached hydrogens (tertiary/aromatic N) is 3. The van der Waals surface area contributed by atoms with Crippen LogP contribution in [-0.4, -0.2) is 50.7 Å². The summed E-state index contributed by atoms with van der Waals surface area (Å²) in [5.74, 6) is 0.824. The molecule has 1 aliphatic carbocycles. The van der Waals surface area contributed by atoms with Crippen LogP contribution in [0.1, 0.15) is 24.0 Å². The minimum absolute atomic E-state index is 0.209. The highest BCUT2D eigenvalue weighted by Gasteiger charge is 2.18. The molecule has 8 heteroatoms. The SMILES string of the molecule is CN(C)CCNc1ccc(NS(=O)(=O)c2ccc3c(c2)CCCC3)nn1. The third-order valence-electron chi connectivity index (χ3n) is 4.40. The van der Waals surface area contributed by atoms with Gasteiger partial charge in [-0.15, -0.1) is 10.2 Å². The normalized spacial score (nSPS) is 14.1. The van der Waals surface area contributed by atoms with Crippen molar-refractivity contribution >= 4 is 21.7 Å². The molecule has 0 saturated carbocycles. The second-order valence-electron chi connectivity index (χ2n) is 6.78. The number of sulfonamides is 1. The fraction of sp³-hybridized carbons (Fsp3) is 0.444. The fourth-order valence-corrected chi connectivity index (χ4v) is 4.01. The van der Waals surface area contributed by atoms with Gasteiger partial charge in [0, 0.05) is 13.1 Å². The smallest absolute Gasteiger partial charge is 0.263 e. The van der Waals surface area contributed by atoms with Gasteiger partial charge in [-0.1, -0.05) is 6.07 Å². The van der Waals surface area contributed by atoms with Gasteiger partial charge in [0.15, 0.2) is 5.82 Å². The van der Waals surface area contributed by atoms with Crippen molar-refractivity contribution < 1.29 is 8.42 Å².